The minimum Gasteiger partial charge on any atom is -0.493 e. The number of rotatable bonds is 6. The zero-order valence-electron chi connectivity index (χ0n) is 10.8. The highest BCUT2D eigenvalue weighted by molar-refractivity contribution is 5.92. The first kappa shape index (κ1) is 14.3. The fourth-order valence-electron chi connectivity index (χ4n) is 2.12. The minimum absolute atomic E-state index is 0.187. The zero-order valence-corrected chi connectivity index (χ0v) is 10.8. The Morgan fingerprint density at radius 3 is 2.95 bits per heavy atom. The lowest BCUT2D eigenvalue weighted by molar-refractivity contribution is -0.385. The van der Waals surface area contributed by atoms with Gasteiger partial charge in [-0.15, -0.1) is 0 Å². The number of nitro groups is 1. The number of hydrogen-bond acceptors (Lipinski definition) is 5. The van der Waals surface area contributed by atoms with Gasteiger partial charge in [0.25, 0.3) is 5.69 Å². The molecule has 1 fully saturated rings. The Hall–Kier alpha value is -2.15. The lowest BCUT2D eigenvalue weighted by Crippen LogP contribution is -2.11. The minimum atomic E-state index is -1.35. The highest BCUT2D eigenvalue weighted by atomic mass is 16.6. The maximum atomic E-state index is 11.0. The van der Waals surface area contributed by atoms with Crippen LogP contribution in [0.1, 0.15) is 29.6 Å². The van der Waals surface area contributed by atoms with E-state index in [1.165, 1.54) is 12.1 Å². The molecule has 0 bridgehead atoms. The first-order chi connectivity index (χ1) is 9.58. The summed E-state index contributed by atoms with van der Waals surface area (Å²) in [5.41, 5.74) is -0.811. The molecule has 7 heteroatoms. The number of carboxylic acids is 1. The van der Waals surface area contributed by atoms with Gasteiger partial charge in [-0.05, 0) is 18.9 Å². The Morgan fingerprint density at radius 1 is 1.55 bits per heavy atom. The van der Waals surface area contributed by atoms with E-state index in [2.05, 4.69) is 0 Å². The SMILES string of the molecule is O=C(O)c1cc(OCCC2CCCO2)ccc1[N+](=O)[O-]. The number of benzene rings is 1. The summed E-state index contributed by atoms with van der Waals surface area (Å²) in [6.45, 7) is 1.16. The zero-order chi connectivity index (χ0) is 14.5. The Kier molecular flexibility index (Phi) is 4.52. The largest absolute Gasteiger partial charge is 0.493 e. The van der Waals surface area contributed by atoms with Gasteiger partial charge in [-0.2, -0.15) is 0 Å². The molecule has 0 spiro atoms. The fourth-order valence-corrected chi connectivity index (χ4v) is 2.12. The van der Waals surface area contributed by atoms with Gasteiger partial charge in [0.15, 0.2) is 0 Å². The first-order valence-corrected chi connectivity index (χ1v) is 6.34. The molecule has 1 aromatic carbocycles. The van der Waals surface area contributed by atoms with E-state index in [1.54, 1.807) is 0 Å². The van der Waals surface area contributed by atoms with Gasteiger partial charge in [-0.3, -0.25) is 10.1 Å². The summed E-state index contributed by atoms with van der Waals surface area (Å²) in [7, 11) is 0. The maximum Gasteiger partial charge on any atom is 0.342 e. The Morgan fingerprint density at radius 2 is 2.35 bits per heavy atom. The topological polar surface area (TPSA) is 98.9 Å². The number of nitrogens with zero attached hydrogens (tertiary/aromatic N) is 1. The van der Waals surface area contributed by atoms with Crippen LogP contribution in [0.4, 0.5) is 5.69 Å². The molecule has 1 atom stereocenters. The summed E-state index contributed by atoms with van der Waals surface area (Å²) in [5, 5.41) is 19.7. The molecule has 1 N–H and O–H groups in total. The Bertz CT molecular complexity index is 510. The van der Waals surface area contributed by atoms with Crippen molar-refractivity contribution in [2.75, 3.05) is 13.2 Å². The van der Waals surface area contributed by atoms with Crippen LogP contribution in [-0.2, 0) is 4.74 Å². The van der Waals surface area contributed by atoms with Crippen LogP contribution < -0.4 is 4.74 Å². The molecule has 0 amide bonds. The maximum absolute atomic E-state index is 11.0. The summed E-state index contributed by atoms with van der Waals surface area (Å²) >= 11 is 0. The van der Waals surface area contributed by atoms with Crippen molar-refractivity contribution in [2.24, 2.45) is 0 Å². The van der Waals surface area contributed by atoms with E-state index in [1.807, 2.05) is 0 Å². The molecule has 0 saturated carbocycles. The highest BCUT2D eigenvalue weighted by Gasteiger charge is 2.21. The van der Waals surface area contributed by atoms with E-state index < -0.39 is 16.6 Å². The number of ether oxygens (including phenoxy) is 2. The van der Waals surface area contributed by atoms with Crippen molar-refractivity contribution in [3.05, 3.63) is 33.9 Å². The third-order valence-corrected chi connectivity index (χ3v) is 3.13. The predicted octanol–water partition coefficient (Wildman–Crippen LogP) is 2.24. The molecule has 0 aliphatic carbocycles. The molecule has 20 heavy (non-hydrogen) atoms. The van der Waals surface area contributed by atoms with Crippen molar-refractivity contribution in [3.8, 4) is 5.75 Å². The molecular formula is C13H15NO6. The van der Waals surface area contributed by atoms with Crippen molar-refractivity contribution >= 4 is 11.7 Å². The van der Waals surface area contributed by atoms with E-state index in [9.17, 15) is 14.9 Å². The second kappa shape index (κ2) is 6.33. The van der Waals surface area contributed by atoms with Crippen LogP contribution >= 0.6 is 0 Å². The van der Waals surface area contributed by atoms with Gasteiger partial charge in [0.1, 0.15) is 11.3 Å². The molecule has 1 saturated heterocycles. The van der Waals surface area contributed by atoms with E-state index in [0.717, 1.165) is 31.9 Å². The molecule has 1 unspecified atom stereocenters. The standard InChI is InChI=1S/C13H15NO6/c15-13(16)11-8-10(3-4-12(11)14(17)18)20-7-5-9-2-1-6-19-9/h3-4,8-9H,1-2,5-7H2,(H,15,16). The smallest absolute Gasteiger partial charge is 0.342 e. The van der Waals surface area contributed by atoms with Crippen molar-refractivity contribution in [2.45, 2.75) is 25.4 Å². The number of aromatic carboxylic acids is 1. The van der Waals surface area contributed by atoms with E-state index in [0.29, 0.717) is 12.4 Å². The van der Waals surface area contributed by atoms with Gasteiger partial charge in [-0.25, -0.2) is 4.79 Å². The van der Waals surface area contributed by atoms with Gasteiger partial charge in [-0.1, -0.05) is 0 Å². The van der Waals surface area contributed by atoms with Crippen LogP contribution in [0, 0.1) is 10.1 Å². The van der Waals surface area contributed by atoms with E-state index in [-0.39, 0.29) is 11.7 Å². The van der Waals surface area contributed by atoms with E-state index >= 15 is 0 Å². The van der Waals surface area contributed by atoms with E-state index in [4.69, 9.17) is 14.6 Å². The summed E-state index contributed by atoms with van der Waals surface area (Å²) in [4.78, 5) is 21.0. The lowest BCUT2D eigenvalue weighted by atomic mass is 10.1. The summed E-state index contributed by atoms with van der Waals surface area (Å²) in [6.07, 6.45) is 2.96. The van der Waals surface area contributed by atoms with Crippen LogP contribution in [0.15, 0.2) is 18.2 Å². The quantitative estimate of drug-likeness (QED) is 0.634. The summed E-state index contributed by atoms with van der Waals surface area (Å²) in [5.74, 6) is -1.03. The monoisotopic (exact) mass is 281 g/mol. The van der Waals surface area contributed by atoms with Gasteiger partial charge in [0.2, 0.25) is 0 Å². The van der Waals surface area contributed by atoms with Crippen LogP contribution in [-0.4, -0.2) is 35.3 Å². The predicted molar refractivity (Wildman–Crippen MR) is 69.1 cm³/mol. The lowest BCUT2D eigenvalue weighted by Gasteiger charge is -2.11. The molecular weight excluding hydrogens is 266 g/mol. The second-order valence-electron chi connectivity index (χ2n) is 4.51. The second-order valence-corrected chi connectivity index (χ2v) is 4.51. The van der Waals surface area contributed by atoms with Crippen LogP contribution in [0.3, 0.4) is 0 Å². The third kappa shape index (κ3) is 3.45. The first-order valence-electron chi connectivity index (χ1n) is 6.34. The van der Waals surface area contributed by atoms with Crippen LogP contribution in [0.5, 0.6) is 5.75 Å². The Balaban J connectivity index is 1.99. The molecule has 7 nitrogen and oxygen atoms in total. The molecule has 1 aliphatic rings. The highest BCUT2D eigenvalue weighted by Crippen LogP contribution is 2.24. The summed E-state index contributed by atoms with van der Waals surface area (Å²) in [6, 6.07) is 3.72. The van der Waals surface area contributed by atoms with Gasteiger partial charge >= 0.3 is 5.97 Å². The number of carboxylic acid groups (broad SMARTS) is 1. The number of hydrogen-bond donors (Lipinski definition) is 1. The molecule has 1 aliphatic heterocycles. The molecule has 2 rings (SSSR count). The molecule has 0 radical (unpaired) electrons. The van der Waals surface area contributed by atoms with Crippen LogP contribution in [0.25, 0.3) is 0 Å². The molecule has 0 aromatic heterocycles. The van der Waals surface area contributed by atoms with Gasteiger partial charge in [0, 0.05) is 25.2 Å². The van der Waals surface area contributed by atoms with Gasteiger partial charge < -0.3 is 14.6 Å². The number of carbonyl (C=O) groups is 1. The van der Waals surface area contributed by atoms with Crippen molar-refractivity contribution in [3.63, 3.8) is 0 Å². The normalized spacial score (nSPS) is 17.9. The summed E-state index contributed by atoms with van der Waals surface area (Å²) < 4.78 is 10.9. The van der Waals surface area contributed by atoms with Crippen molar-refractivity contribution in [1.82, 2.24) is 0 Å². The average Bonchev–Trinajstić information content (AvgIpc) is 2.91. The molecule has 108 valence electrons. The number of nitro benzene ring substituents is 1. The fraction of sp³-hybridized carbons (Fsp3) is 0.462. The van der Waals surface area contributed by atoms with Crippen LogP contribution in [0.2, 0.25) is 0 Å². The molecule has 1 heterocycles. The Labute approximate surface area is 115 Å². The van der Waals surface area contributed by atoms with Gasteiger partial charge in [0.05, 0.1) is 17.6 Å². The van der Waals surface area contributed by atoms with Crippen molar-refractivity contribution in [1.29, 1.82) is 0 Å². The third-order valence-electron chi connectivity index (χ3n) is 3.13. The van der Waals surface area contributed by atoms with Crippen molar-refractivity contribution < 1.29 is 24.3 Å². The average molecular weight is 281 g/mol. The molecule has 1 aromatic rings.